The Bertz CT molecular complexity index is 505. The molecule has 1 aromatic rings. The minimum atomic E-state index is -4.49. The molecule has 7 heteroatoms. The summed E-state index contributed by atoms with van der Waals surface area (Å²) in [6.07, 6.45) is -2.72. The smallest absolute Gasteiger partial charge is 0.382 e. The Kier molecular flexibility index (Phi) is 4.42. The summed E-state index contributed by atoms with van der Waals surface area (Å²) in [5.74, 6) is -0.0926. The summed E-state index contributed by atoms with van der Waals surface area (Å²) in [4.78, 5) is 11.4. The molecule has 0 bridgehead atoms. The number of carbonyl (C=O) groups excluding carboxylic acids is 1. The van der Waals surface area contributed by atoms with E-state index in [4.69, 9.17) is 11.6 Å². The number of amides is 1. The van der Waals surface area contributed by atoms with Gasteiger partial charge in [0.05, 0.1) is 10.6 Å². The number of nitrogens with one attached hydrogen (secondary N) is 2. The van der Waals surface area contributed by atoms with Gasteiger partial charge in [-0.2, -0.15) is 13.2 Å². The molecule has 2 N–H and O–H groups in total. The van der Waals surface area contributed by atoms with Crippen molar-refractivity contribution >= 4 is 23.2 Å². The van der Waals surface area contributed by atoms with E-state index in [1.807, 2.05) is 0 Å². The molecule has 2 rings (SSSR count). The number of benzene rings is 1. The highest BCUT2D eigenvalue weighted by Gasteiger charge is 2.33. The largest absolute Gasteiger partial charge is 0.417 e. The van der Waals surface area contributed by atoms with Gasteiger partial charge in [-0.05, 0) is 31.0 Å². The van der Waals surface area contributed by atoms with Crippen molar-refractivity contribution in [2.24, 2.45) is 0 Å². The van der Waals surface area contributed by atoms with Gasteiger partial charge in [0, 0.05) is 24.7 Å². The third-order valence-corrected chi connectivity index (χ3v) is 3.46. The summed E-state index contributed by atoms with van der Waals surface area (Å²) in [5, 5.41) is 5.36. The van der Waals surface area contributed by atoms with Crippen molar-refractivity contribution in [3.05, 3.63) is 28.8 Å². The molecular formula is C13H14ClF3N2O. The van der Waals surface area contributed by atoms with Crippen molar-refractivity contribution in [3.8, 4) is 0 Å². The lowest BCUT2D eigenvalue weighted by Gasteiger charge is -2.18. The highest BCUT2D eigenvalue weighted by atomic mass is 35.5. The maximum absolute atomic E-state index is 12.8. The van der Waals surface area contributed by atoms with Gasteiger partial charge < -0.3 is 10.6 Å². The number of hydrogen-bond donors (Lipinski definition) is 2. The van der Waals surface area contributed by atoms with Crippen molar-refractivity contribution in [1.82, 2.24) is 5.32 Å². The van der Waals surface area contributed by atoms with Crippen LogP contribution >= 0.6 is 11.6 Å². The molecule has 20 heavy (non-hydrogen) atoms. The molecule has 1 aliphatic heterocycles. The fourth-order valence-corrected chi connectivity index (χ4v) is 2.39. The van der Waals surface area contributed by atoms with Crippen LogP contribution in [0.5, 0.6) is 0 Å². The van der Waals surface area contributed by atoms with Gasteiger partial charge in [-0.3, -0.25) is 4.79 Å². The molecule has 1 fully saturated rings. The maximum Gasteiger partial charge on any atom is 0.417 e. The highest BCUT2D eigenvalue weighted by molar-refractivity contribution is 6.31. The Morgan fingerprint density at radius 1 is 1.35 bits per heavy atom. The van der Waals surface area contributed by atoms with Crippen molar-refractivity contribution in [1.29, 1.82) is 0 Å². The molecule has 1 amide bonds. The molecule has 110 valence electrons. The fraction of sp³-hybridized carbons (Fsp3) is 0.462. The highest BCUT2D eigenvalue weighted by Crippen LogP contribution is 2.36. The number of halogens is 4. The standard InChI is InChI=1S/C13H14ClF3N2O/c14-11-4-3-9(6-10(11)13(15,16)17)19-8-2-1-5-18-12(20)7-8/h3-4,6,8,19H,1-2,5,7H2,(H,18,20). The van der Waals surface area contributed by atoms with Crippen molar-refractivity contribution in [2.75, 3.05) is 11.9 Å². The molecule has 1 unspecified atom stereocenters. The zero-order valence-corrected chi connectivity index (χ0v) is 11.3. The second kappa shape index (κ2) is 5.91. The Balaban J connectivity index is 2.15. The van der Waals surface area contributed by atoms with Crippen LogP contribution in [0.1, 0.15) is 24.8 Å². The first-order chi connectivity index (χ1) is 9.36. The Morgan fingerprint density at radius 3 is 2.80 bits per heavy atom. The first-order valence-electron chi connectivity index (χ1n) is 6.26. The quantitative estimate of drug-likeness (QED) is 0.879. The molecule has 0 radical (unpaired) electrons. The van der Waals surface area contributed by atoms with Crippen LogP contribution in [0.4, 0.5) is 18.9 Å². The predicted molar refractivity (Wildman–Crippen MR) is 70.7 cm³/mol. The molecule has 0 saturated carbocycles. The second-order valence-electron chi connectivity index (χ2n) is 4.73. The van der Waals surface area contributed by atoms with Crippen molar-refractivity contribution < 1.29 is 18.0 Å². The molecule has 0 aliphatic carbocycles. The SMILES string of the molecule is O=C1CC(Nc2ccc(Cl)c(C(F)(F)F)c2)CCCN1. The van der Waals surface area contributed by atoms with Crippen LogP contribution < -0.4 is 10.6 Å². The number of hydrogen-bond acceptors (Lipinski definition) is 2. The van der Waals surface area contributed by atoms with E-state index in [0.29, 0.717) is 12.2 Å². The summed E-state index contributed by atoms with van der Waals surface area (Å²) >= 11 is 5.56. The third-order valence-electron chi connectivity index (χ3n) is 3.13. The van der Waals surface area contributed by atoms with Gasteiger partial charge >= 0.3 is 6.18 Å². The van der Waals surface area contributed by atoms with Crippen molar-refractivity contribution in [2.45, 2.75) is 31.5 Å². The molecule has 0 aromatic heterocycles. The third kappa shape index (κ3) is 3.79. The molecule has 3 nitrogen and oxygen atoms in total. The van der Waals surface area contributed by atoms with E-state index in [-0.39, 0.29) is 23.4 Å². The average Bonchev–Trinajstić information content (AvgIpc) is 2.55. The number of anilines is 1. The van der Waals surface area contributed by atoms with Crippen LogP contribution in [-0.4, -0.2) is 18.5 Å². The van der Waals surface area contributed by atoms with Crippen LogP contribution in [0.25, 0.3) is 0 Å². The van der Waals surface area contributed by atoms with Gasteiger partial charge in [-0.25, -0.2) is 0 Å². The van der Waals surface area contributed by atoms with Gasteiger partial charge in [0.1, 0.15) is 0 Å². The topological polar surface area (TPSA) is 41.1 Å². The molecule has 1 aliphatic rings. The van der Waals surface area contributed by atoms with E-state index in [2.05, 4.69) is 10.6 Å². The van der Waals surface area contributed by atoms with Gasteiger partial charge in [-0.15, -0.1) is 0 Å². The van der Waals surface area contributed by atoms with E-state index in [1.165, 1.54) is 12.1 Å². The molecule has 1 saturated heterocycles. The minimum absolute atomic E-state index is 0.0926. The second-order valence-corrected chi connectivity index (χ2v) is 5.14. The lowest BCUT2D eigenvalue weighted by Crippen LogP contribution is -2.26. The average molecular weight is 307 g/mol. The van der Waals surface area contributed by atoms with E-state index in [0.717, 1.165) is 18.9 Å². The zero-order chi connectivity index (χ0) is 14.8. The number of carbonyl (C=O) groups is 1. The van der Waals surface area contributed by atoms with Gasteiger partial charge in [-0.1, -0.05) is 11.6 Å². The van der Waals surface area contributed by atoms with Crippen LogP contribution in [0, 0.1) is 0 Å². The zero-order valence-electron chi connectivity index (χ0n) is 10.6. The molecule has 1 heterocycles. The van der Waals surface area contributed by atoms with Crippen LogP contribution in [0.3, 0.4) is 0 Å². The Hall–Kier alpha value is -1.43. The molecular weight excluding hydrogens is 293 g/mol. The summed E-state index contributed by atoms with van der Waals surface area (Å²) < 4.78 is 38.3. The molecule has 1 atom stereocenters. The predicted octanol–water partition coefficient (Wildman–Crippen LogP) is 3.44. The van der Waals surface area contributed by atoms with Gasteiger partial charge in [0.15, 0.2) is 0 Å². The maximum atomic E-state index is 12.8. The first-order valence-corrected chi connectivity index (χ1v) is 6.64. The first kappa shape index (κ1) is 15.0. The summed E-state index contributed by atoms with van der Waals surface area (Å²) in [6, 6.07) is 3.51. The lowest BCUT2D eigenvalue weighted by atomic mass is 10.1. The lowest BCUT2D eigenvalue weighted by molar-refractivity contribution is -0.137. The van der Waals surface area contributed by atoms with Crippen molar-refractivity contribution in [3.63, 3.8) is 0 Å². The van der Waals surface area contributed by atoms with E-state index < -0.39 is 11.7 Å². The normalized spacial score (nSPS) is 20.2. The fourth-order valence-electron chi connectivity index (χ4n) is 2.17. The summed E-state index contributed by atoms with van der Waals surface area (Å²) in [6.45, 7) is 0.603. The van der Waals surface area contributed by atoms with Crippen LogP contribution in [0.15, 0.2) is 18.2 Å². The van der Waals surface area contributed by atoms with Crippen LogP contribution in [0.2, 0.25) is 5.02 Å². The van der Waals surface area contributed by atoms with E-state index in [1.54, 1.807) is 0 Å². The molecule has 0 spiro atoms. The molecule has 1 aromatic carbocycles. The summed E-state index contributed by atoms with van der Waals surface area (Å²) in [5.41, 5.74) is -0.552. The minimum Gasteiger partial charge on any atom is -0.382 e. The van der Waals surface area contributed by atoms with E-state index in [9.17, 15) is 18.0 Å². The Morgan fingerprint density at radius 2 is 2.10 bits per heavy atom. The number of rotatable bonds is 2. The van der Waals surface area contributed by atoms with Crippen LogP contribution in [-0.2, 0) is 11.0 Å². The Labute approximate surface area is 119 Å². The number of alkyl halides is 3. The van der Waals surface area contributed by atoms with Gasteiger partial charge in [0.2, 0.25) is 5.91 Å². The summed E-state index contributed by atoms with van der Waals surface area (Å²) in [7, 11) is 0. The van der Waals surface area contributed by atoms with E-state index >= 15 is 0 Å². The monoisotopic (exact) mass is 306 g/mol. The van der Waals surface area contributed by atoms with Gasteiger partial charge in [0.25, 0.3) is 0 Å².